The van der Waals surface area contributed by atoms with Crippen molar-refractivity contribution in [1.82, 2.24) is 4.72 Å². The van der Waals surface area contributed by atoms with Crippen molar-refractivity contribution in [3.63, 3.8) is 0 Å². The van der Waals surface area contributed by atoms with Crippen LogP contribution in [0.1, 0.15) is 18.4 Å². The Kier molecular flexibility index (Phi) is 6.20. The molecule has 116 valence electrons. The summed E-state index contributed by atoms with van der Waals surface area (Å²) < 4.78 is 61.5. The van der Waals surface area contributed by atoms with Crippen LogP contribution in [-0.2, 0) is 10.0 Å². The first-order chi connectivity index (χ1) is 9.74. The van der Waals surface area contributed by atoms with Gasteiger partial charge in [-0.2, -0.15) is 13.2 Å². The molecular formula is C13H14F3NO3S. The predicted octanol–water partition coefficient (Wildman–Crippen LogP) is 1.65. The Morgan fingerprint density at radius 2 is 1.81 bits per heavy atom. The third-order valence-electron chi connectivity index (χ3n) is 2.41. The second-order valence-corrected chi connectivity index (χ2v) is 5.87. The van der Waals surface area contributed by atoms with Crippen LogP contribution in [0.3, 0.4) is 0 Å². The first-order valence-corrected chi connectivity index (χ1v) is 7.49. The highest BCUT2D eigenvalue weighted by molar-refractivity contribution is 7.89. The lowest BCUT2D eigenvalue weighted by molar-refractivity contribution is -0.135. The minimum atomic E-state index is -4.29. The van der Waals surface area contributed by atoms with Gasteiger partial charge in [-0.15, -0.1) is 0 Å². The quantitative estimate of drug-likeness (QED) is 0.640. The third kappa shape index (κ3) is 6.62. The normalized spacial score (nSPS) is 11.8. The molecule has 0 atom stereocenters. The molecule has 2 N–H and O–H groups in total. The minimum Gasteiger partial charge on any atom is -0.384 e. The van der Waals surface area contributed by atoms with Crippen molar-refractivity contribution in [3.8, 4) is 11.8 Å². The lowest BCUT2D eigenvalue weighted by atomic mass is 10.2. The van der Waals surface area contributed by atoms with E-state index in [1.165, 1.54) is 24.3 Å². The fourth-order valence-corrected chi connectivity index (χ4v) is 2.51. The van der Waals surface area contributed by atoms with Gasteiger partial charge in [-0.25, -0.2) is 13.1 Å². The summed E-state index contributed by atoms with van der Waals surface area (Å²) in [6.45, 7) is -0.589. The second-order valence-electron chi connectivity index (χ2n) is 4.10. The van der Waals surface area contributed by atoms with Gasteiger partial charge >= 0.3 is 6.18 Å². The van der Waals surface area contributed by atoms with Crippen molar-refractivity contribution in [2.24, 2.45) is 0 Å². The van der Waals surface area contributed by atoms with E-state index >= 15 is 0 Å². The Balaban J connectivity index is 2.62. The van der Waals surface area contributed by atoms with Crippen LogP contribution < -0.4 is 4.72 Å². The number of sulfonamides is 1. The lowest BCUT2D eigenvalue weighted by Gasteiger charge is -2.08. The molecule has 21 heavy (non-hydrogen) atoms. The van der Waals surface area contributed by atoms with E-state index in [-0.39, 0.29) is 24.5 Å². The molecule has 1 aromatic carbocycles. The van der Waals surface area contributed by atoms with Crippen LogP contribution in [0.4, 0.5) is 13.2 Å². The van der Waals surface area contributed by atoms with Crippen LogP contribution in [-0.4, -0.2) is 32.9 Å². The Morgan fingerprint density at radius 3 is 2.33 bits per heavy atom. The number of aliphatic hydroxyl groups excluding tert-OH is 1. The summed E-state index contributed by atoms with van der Waals surface area (Å²) in [6, 6.07) is 5.50. The van der Waals surface area contributed by atoms with E-state index < -0.39 is 22.6 Å². The minimum absolute atomic E-state index is 0.0518. The Morgan fingerprint density at radius 1 is 1.19 bits per heavy atom. The van der Waals surface area contributed by atoms with Crippen LogP contribution in [0, 0.1) is 11.8 Å². The molecule has 1 aromatic rings. The van der Waals surface area contributed by atoms with Crippen LogP contribution in [0.5, 0.6) is 0 Å². The number of benzene rings is 1. The number of nitrogens with one attached hydrogen (secondary N) is 1. The van der Waals surface area contributed by atoms with Gasteiger partial charge in [-0.05, 0) is 30.7 Å². The zero-order chi connectivity index (χ0) is 15.9. The average Bonchev–Trinajstić information content (AvgIpc) is 2.41. The molecule has 8 heteroatoms. The maximum absolute atomic E-state index is 11.9. The summed E-state index contributed by atoms with van der Waals surface area (Å²) in [7, 11) is -3.83. The first kappa shape index (κ1) is 17.5. The maximum atomic E-state index is 11.9. The van der Waals surface area contributed by atoms with Crippen molar-refractivity contribution in [2.45, 2.75) is 23.9 Å². The summed E-state index contributed by atoms with van der Waals surface area (Å²) in [5.41, 5.74) is 0.528. The maximum Gasteiger partial charge on any atom is 0.389 e. The van der Waals surface area contributed by atoms with Crippen molar-refractivity contribution < 1.29 is 26.7 Å². The zero-order valence-electron chi connectivity index (χ0n) is 10.9. The molecule has 0 radical (unpaired) electrons. The number of rotatable bonds is 5. The van der Waals surface area contributed by atoms with E-state index in [0.717, 1.165) is 0 Å². The SMILES string of the molecule is O=S(=O)(NCCCC(F)(F)F)c1ccc(C#CCO)cc1. The molecule has 0 amide bonds. The van der Waals surface area contributed by atoms with Gasteiger partial charge in [0.1, 0.15) is 6.61 Å². The van der Waals surface area contributed by atoms with Crippen LogP contribution in [0.15, 0.2) is 29.2 Å². The summed E-state index contributed by atoms with van der Waals surface area (Å²) in [5.74, 6) is 5.01. The van der Waals surface area contributed by atoms with E-state index in [4.69, 9.17) is 5.11 Å². The fraction of sp³-hybridized carbons (Fsp3) is 0.385. The number of hydrogen-bond acceptors (Lipinski definition) is 3. The van der Waals surface area contributed by atoms with E-state index in [1.54, 1.807) is 0 Å². The van der Waals surface area contributed by atoms with Crippen molar-refractivity contribution >= 4 is 10.0 Å². The monoisotopic (exact) mass is 321 g/mol. The van der Waals surface area contributed by atoms with Gasteiger partial charge in [0, 0.05) is 18.5 Å². The predicted molar refractivity (Wildman–Crippen MR) is 70.9 cm³/mol. The molecule has 0 saturated heterocycles. The highest BCUT2D eigenvalue weighted by atomic mass is 32.2. The smallest absolute Gasteiger partial charge is 0.384 e. The van der Waals surface area contributed by atoms with Crippen LogP contribution in [0.25, 0.3) is 0 Å². The molecule has 0 spiro atoms. The number of aliphatic hydroxyl groups is 1. The molecule has 0 bridgehead atoms. The Bertz CT molecular complexity index is 613. The van der Waals surface area contributed by atoms with E-state index in [1.807, 2.05) is 0 Å². The van der Waals surface area contributed by atoms with Crippen molar-refractivity contribution in [1.29, 1.82) is 0 Å². The fourth-order valence-electron chi connectivity index (χ4n) is 1.44. The number of halogens is 3. The van der Waals surface area contributed by atoms with E-state index in [0.29, 0.717) is 5.56 Å². The van der Waals surface area contributed by atoms with Gasteiger partial charge in [0.25, 0.3) is 0 Å². The standard InChI is InChI=1S/C13H14F3NO3S/c14-13(15,16)8-2-9-17-21(19,20)12-6-4-11(5-7-12)3-1-10-18/h4-7,17-18H,2,8-10H2. The third-order valence-corrected chi connectivity index (χ3v) is 3.88. The average molecular weight is 321 g/mol. The molecule has 0 aromatic heterocycles. The van der Waals surface area contributed by atoms with Gasteiger partial charge in [-0.3, -0.25) is 0 Å². The molecule has 0 fully saturated rings. The van der Waals surface area contributed by atoms with Gasteiger partial charge in [0.05, 0.1) is 4.90 Å². The van der Waals surface area contributed by atoms with Crippen molar-refractivity contribution in [2.75, 3.05) is 13.2 Å². The molecule has 4 nitrogen and oxygen atoms in total. The summed E-state index contributed by atoms with van der Waals surface area (Å²) in [5, 5.41) is 8.53. The molecule has 0 unspecified atom stereocenters. The van der Waals surface area contributed by atoms with E-state index in [2.05, 4.69) is 16.6 Å². The Hall–Kier alpha value is -1.56. The van der Waals surface area contributed by atoms with Gasteiger partial charge in [-0.1, -0.05) is 11.8 Å². The topological polar surface area (TPSA) is 66.4 Å². The molecule has 0 aliphatic carbocycles. The summed E-state index contributed by atoms with van der Waals surface area (Å²) >= 11 is 0. The highest BCUT2D eigenvalue weighted by Crippen LogP contribution is 2.21. The van der Waals surface area contributed by atoms with Gasteiger partial charge in [0.15, 0.2) is 0 Å². The molecule has 1 rings (SSSR count). The summed E-state index contributed by atoms with van der Waals surface area (Å²) in [6.07, 6.45) is -5.65. The highest BCUT2D eigenvalue weighted by Gasteiger charge is 2.26. The Labute approximate surface area is 121 Å². The lowest BCUT2D eigenvalue weighted by Crippen LogP contribution is -2.25. The van der Waals surface area contributed by atoms with Gasteiger partial charge in [0.2, 0.25) is 10.0 Å². The van der Waals surface area contributed by atoms with E-state index in [9.17, 15) is 21.6 Å². The van der Waals surface area contributed by atoms with Gasteiger partial charge < -0.3 is 5.11 Å². The summed E-state index contributed by atoms with van der Waals surface area (Å²) in [4.78, 5) is -0.0518. The number of alkyl halides is 3. The second kappa shape index (κ2) is 7.45. The molecule has 0 heterocycles. The molecular weight excluding hydrogens is 307 g/mol. The molecule has 0 aliphatic rings. The largest absolute Gasteiger partial charge is 0.389 e. The van der Waals surface area contributed by atoms with Crippen LogP contribution >= 0.6 is 0 Å². The molecule has 0 aliphatic heterocycles. The van der Waals surface area contributed by atoms with Crippen molar-refractivity contribution in [3.05, 3.63) is 29.8 Å². The zero-order valence-corrected chi connectivity index (χ0v) is 11.8. The molecule has 0 saturated carbocycles. The van der Waals surface area contributed by atoms with Crippen LogP contribution in [0.2, 0.25) is 0 Å². The number of hydrogen-bond donors (Lipinski definition) is 2. The first-order valence-electron chi connectivity index (χ1n) is 6.01.